The van der Waals surface area contributed by atoms with Gasteiger partial charge in [0.15, 0.2) is 17.3 Å². The van der Waals surface area contributed by atoms with Gasteiger partial charge in [0.05, 0.1) is 6.61 Å². The maximum atomic E-state index is 13.7. The second-order valence-corrected chi connectivity index (χ2v) is 12.1. The van der Waals surface area contributed by atoms with Crippen LogP contribution in [0.15, 0.2) is 60.0 Å². The number of imide groups is 1. The first kappa shape index (κ1) is 31.0. The van der Waals surface area contributed by atoms with Gasteiger partial charge in [-0.1, -0.05) is 56.3 Å². The second kappa shape index (κ2) is 13.4. The molecule has 2 aromatic carbocycles. The minimum Gasteiger partial charge on any atom is -0.481 e. The highest BCUT2D eigenvalue weighted by Crippen LogP contribution is 2.41. The van der Waals surface area contributed by atoms with Crippen molar-refractivity contribution in [3.8, 4) is 5.75 Å². The third-order valence-electron chi connectivity index (χ3n) is 6.60. The van der Waals surface area contributed by atoms with Crippen molar-refractivity contribution >= 4 is 47.7 Å². The predicted octanol–water partition coefficient (Wildman–Crippen LogP) is 4.70. The summed E-state index contributed by atoms with van der Waals surface area (Å²) in [5.41, 5.74) is 1.39. The molecule has 0 spiro atoms. The van der Waals surface area contributed by atoms with Crippen molar-refractivity contribution in [1.82, 2.24) is 15.2 Å². The molecule has 42 heavy (non-hydrogen) atoms. The monoisotopic (exact) mass is 614 g/mol. The lowest BCUT2D eigenvalue weighted by Gasteiger charge is -2.29. The van der Waals surface area contributed by atoms with E-state index in [1.165, 1.54) is 12.1 Å². The van der Waals surface area contributed by atoms with Gasteiger partial charge in [-0.2, -0.15) is 0 Å². The fourth-order valence-electron chi connectivity index (χ4n) is 4.46. The van der Waals surface area contributed by atoms with E-state index in [2.05, 4.69) is 15.6 Å². The molecule has 12 nitrogen and oxygen atoms in total. The largest absolute Gasteiger partial charge is 0.481 e. The van der Waals surface area contributed by atoms with Gasteiger partial charge in [-0.3, -0.25) is 18.9 Å². The van der Waals surface area contributed by atoms with Crippen molar-refractivity contribution in [1.29, 1.82) is 0 Å². The van der Waals surface area contributed by atoms with Gasteiger partial charge in [0.25, 0.3) is 5.91 Å². The van der Waals surface area contributed by atoms with Gasteiger partial charge in [-0.05, 0) is 30.2 Å². The number of Topliss-reactive ketones (excluding diaryl/α,β-unsaturated/α-hetero) is 1. The molecule has 3 N–H and O–H groups in total. The molecular weight excluding hydrogens is 583 g/mol. The van der Waals surface area contributed by atoms with Crippen molar-refractivity contribution in [3.63, 3.8) is 0 Å². The SMILES string of the molecule is CCOP(=O)(O)COc1ccc(C2NC(=O)N([C@H](C(=O)Nc3nc(C(=O)CC)cs3)[C@@H](C)c3ccccc3)C2=O)cc1. The number of benzene rings is 2. The van der Waals surface area contributed by atoms with Crippen molar-refractivity contribution in [2.45, 2.75) is 45.2 Å². The smallest absolute Gasteiger partial charge is 0.365 e. The van der Waals surface area contributed by atoms with Gasteiger partial charge in [-0.25, -0.2) is 14.7 Å². The molecule has 0 aliphatic carbocycles. The predicted molar refractivity (Wildman–Crippen MR) is 156 cm³/mol. The minimum atomic E-state index is -3.90. The zero-order valence-corrected chi connectivity index (χ0v) is 24.9. The molecule has 1 fully saturated rings. The molecule has 4 atom stereocenters. The molecule has 4 rings (SSSR count). The van der Waals surface area contributed by atoms with E-state index < -0.39 is 49.8 Å². The van der Waals surface area contributed by atoms with Crippen LogP contribution in [-0.4, -0.2) is 57.4 Å². The summed E-state index contributed by atoms with van der Waals surface area (Å²) >= 11 is 1.08. The molecule has 2 heterocycles. The van der Waals surface area contributed by atoms with Crippen LogP contribution in [0.4, 0.5) is 9.93 Å². The minimum absolute atomic E-state index is 0.0569. The Morgan fingerprint density at radius 3 is 2.48 bits per heavy atom. The molecule has 1 aromatic heterocycles. The topological polar surface area (TPSA) is 164 Å². The number of thiazole rings is 1. The first-order valence-corrected chi connectivity index (χ1v) is 15.9. The maximum absolute atomic E-state index is 13.7. The number of aromatic nitrogens is 1. The fourth-order valence-corrected chi connectivity index (χ4v) is 5.97. The van der Waals surface area contributed by atoms with E-state index in [0.29, 0.717) is 5.56 Å². The summed E-state index contributed by atoms with van der Waals surface area (Å²) in [7, 11) is -3.90. The summed E-state index contributed by atoms with van der Waals surface area (Å²) in [5.74, 6) is -1.76. The Kier molecular flexibility index (Phi) is 9.89. The first-order chi connectivity index (χ1) is 20.0. The van der Waals surface area contributed by atoms with Gasteiger partial charge in [-0.15, -0.1) is 11.3 Å². The highest BCUT2D eigenvalue weighted by molar-refractivity contribution is 7.52. The number of amides is 4. The van der Waals surface area contributed by atoms with Gasteiger partial charge >= 0.3 is 13.6 Å². The standard InChI is InChI=1S/C28H31N4O8PS/c1-4-22(33)21-15-42-27(29-21)31-25(34)24(17(3)18-9-7-6-8-10-18)32-26(35)23(30-28(32)36)19-11-13-20(14-12-19)39-16-41(37,38)40-5-2/h6-15,17,23-24H,4-5,16H2,1-3H3,(H,30,36)(H,37,38)(H,29,31,34)/t17-,23?,24-/m0/s1. The lowest BCUT2D eigenvalue weighted by Crippen LogP contribution is -2.50. The molecule has 222 valence electrons. The van der Waals surface area contributed by atoms with Gasteiger partial charge < -0.3 is 24.8 Å². The van der Waals surface area contributed by atoms with Crippen molar-refractivity contribution in [3.05, 3.63) is 76.8 Å². The van der Waals surface area contributed by atoms with E-state index in [4.69, 9.17) is 9.26 Å². The van der Waals surface area contributed by atoms with Crippen LogP contribution in [-0.2, 0) is 18.7 Å². The molecule has 0 saturated carbocycles. The summed E-state index contributed by atoms with van der Waals surface area (Å²) in [5, 5.41) is 7.05. The van der Waals surface area contributed by atoms with E-state index in [1.54, 1.807) is 62.5 Å². The lowest BCUT2D eigenvalue weighted by atomic mass is 9.91. The molecule has 2 unspecified atom stereocenters. The number of urea groups is 1. The summed E-state index contributed by atoms with van der Waals surface area (Å²) in [6, 6.07) is 12.0. The van der Waals surface area contributed by atoms with E-state index in [-0.39, 0.29) is 35.4 Å². The van der Waals surface area contributed by atoms with Crippen LogP contribution in [0, 0.1) is 0 Å². The van der Waals surface area contributed by atoms with E-state index in [9.17, 15) is 28.6 Å². The van der Waals surface area contributed by atoms with E-state index >= 15 is 0 Å². The quantitative estimate of drug-likeness (QED) is 0.141. The number of carbonyl (C=O) groups is 4. The average molecular weight is 615 g/mol. The first-order valence-electron chi connectivity index (χ1n) is 13.2. The van der Waals surface area contributed by atoms with E-state index in [1.807, 2.05) is 6.07 Å². The van der Waals surface area contributed by atoms with Gasteiger partial charge in [0.1, 0.15) is 23.5 Å². The zero-order chi connectivity index (χ0) is 30.4. The van der Waals surface area contributed by atoms with Crippen molar-refractivity contribution < 1.29 is 37.9 Å². The molecule has 0 radical (unpaired) electrons. The summed E-state index contributed by atoms with van der Waals surface area (Å²) in [4.78, 5) is 67.4. The highest BCUT2D eigenvalue weighted by Gasteiger charge is 2.47. The number of rotatable bonds is 13. The molecule has 1 aliphatic rings. The molecule has 14 heteroatoms. The Morgan fingerprint density at radius 1 is 1.14 bits per heavy atom. The molecule has 3 aromatic rings. The maximum Gasteiger partial charge on any atom is 0.365 e. The van der Waals surface area contributed by atoms with Crippen LogP contribution in [0.25, 0.3) is 0 Å². The Bertz CT molecular complexity index is 1500. The average Bonchev–Trinajstić information content (AvgIpc) is 3.56. The number of nitrogens with zero attached hydrogens (tertiary/aromatic N) is 2. The van der Waals surface area contributed by atoms with Crippen LogP contribution < -0.4 is 15.4 Å². The van der Waals surface area contributed by atoms with Crippen LogP contribution in [0.3, 0.4) is 0 Å². The Hall–Kier alpha value is -3.90. The third kappa shape index (κ3) is 7.11. The van der Waals surface area contributed by atoms with Crippen LogP contribution >= 0.6 is 18.9 Å². The summed E-state index contributed by atoms with van der Waals surface area (Å²) < 4.78 is 22.0. The Balaban J connectivity index is 1.57. The lowest BCUT2D eigenvalue weighted by molar-refractivity contribution is -0.134. The third-order valence-corrected chi connectivity index (χ3v) is 8.47. The van der Waals surface area contributed by atoms with Gasteiger partial charge in [0.2, 0.25) is 5.91 Å². The Labute approximate surface area is 246 Å². The van der Waals surface area contributed by atoms with Crippen LogP contribution in [0.1, 0.15) is 60.8 Å². The number of anilines is 1. The molecular formula is C28H31N4O8PS. The number of hydrogen-bond donors (Lipinski definition) is 3. The number of ketones is 1. The second-order valence-electron chi connectivity index (χ2n) is 9.44. The number of carbonyl (C=O) groups excluding carboxylic acids is 4. The molecule has 1 aliphatic heterocycles. The Morgan fingerprint density at radius 2 is 1.83 bits per heavy atom. The zero-order valence-electron chi connectivity index (χ0n) is 23.2. The highest BCUT2D eigenvalue weighted by atomic mass is 32.1. The fraction of sp³-hybridized carbons (Fsp3) is 0.321. The van der Waals surface area contributed by atoms with Crippen LogP contribution in [0.2, 0.25) is 0 Å². The van der Waals surface area contributed by atoms with Crippen LogP contribution in [0.5, 0.6) is 5.75 Å². The van der Waals surface area contributed by atoms with Gasteiger partial charge in [0, 0.05) is 17.7 Å². The van der Waals surface area contributed by atoms with E-state index in [0.717, 1.165) is 21.8 Å². The molecule has 4 amide bonds. The number of nitrogens with one attached hydrogen (secondary N) is 2. The number of ether oxygens (including phenoxy) is 1. The summed E-state index contributed by atoms with van der Waals surface area (Å²) in [6.45, 7) is 5.10. The normalized spacial score (nSPS) is 17.7. The summed E-state index contributed by atoms with van der Waals surface area (Å²) in [6.07, 6.45) is -0.286. The molecule has 0 bridgehead atoms. The van der Waals surface area contributed by atoms with Crippen molar-refractivity contribution in [2.75, 3.05) is 18.3 Å². The van der Waals surface area contributed by atoms with Crippen molar-refractivity contribution in [2.24, 2.45) is 0 Å². The molecule has 1 saturated heterocycles. The number of hydrogen-bond acceptors (Lipinski definition) is 9.